The van der Waals surface area contributed by atoms with E-state index in [4.69, 9.17) is 9.47 Å². The van der Waals surface area contributed by atoms with Gasteiger partial charge in [0.05, 0.1) is 6.21 Å². The molecule has 5 heteroatoms. The maximum absolute atomic E-state index is 12.5. The molecule has 0 aliphatic heterocycles. The van der Waals surface area contributed by atoms with Crippen LogP contribution in [-0.2, 0) is 13.2 Å². The van der Waals surface area contributed by atoms with E-state index in [2.05, 4.69) is 29.6 Å². The molecule has 0 unspecified atom stereocenters. The molecule has 0 atom stereocenters. The van der Waals surface area contributed by atoms with Crippen LogP contribution in [0.2, 0.25) is 0 Å². The number of para-hydroxylation sites is 1. The molecule has 0 saturated carbocycles. The number of ether oxygens (including phenoxy) is 2. The molecule has 1 amide bonds. The molecular weight excluding hydrogens is 424 g/mol. The lowest BCUT2D eigenvalue weighted by atomic mass is 10.2. The van der Waals surface area contributed by atoms with Crippen LogP contribution in [0.4, 0.5) is 0 Å². The summed E-state index contributed by atoms with van der Waals surface area (Å²) in [6.07, 6.45) is 1.58. The monoisotopic (exact) mass is 450 g/mol. The lowest BCUT2D eigenvalue weighted by molar-refractivity contribution is 0.0955. The zero-order valence-electron chi connectivity index (χ0n) is 19.0. The largest absolute Gasteiger partial charge is 0.489 e. The Morgan fingerprint density at radius 3 is 2.18 bits per heavy atom. The van der Waals surface area contributed by atoms with Crippen molar-refractivity contribution >= 4 is 12.1 Å². The van der Waals surface area contributed by atoms with E-state index in [-0.39, 0.29) is 5.91 Å². The van der Waals surface area contributed by atoms with Gasteiger partial charge in [0.15, 0.2) is 0 Å². The Kier molecular flexibility index (Phi) is 7.70. The van der Waals surface area contributed by atoms with Gasteiger partial charge in [-0.15, -0.1) is 0 Å². The second-order valence-electron chi connectivity index (χ2n) is 7.81. The molecule has 0 aliphatic rings. The highest BCUT2D eigenvalue weighted by Crippen LogP contribution is 2.18. The van der Waals surface area contributed by atoms with Gasteiger partial charge in [-0.25, -0.2) is 5.43 Å². The first kappa shape index (κ1) is 22.8. The predicted octanol–water partition coefficient (Wildman–Crippen LogP) is 5.92. The van der Waals surface area contributed by atoms with Crippen molar-refractivity contribution in [2.24, 2.45) is 5.10 Å². The van der Waals surface area contributed by atoms with E-state index in [1.807, 2.05) is 66.7 Å². The number of amides is 1. The number of hydrogen-bond acceptors (Lipinski definition) is 4. The van der Waals surface area contributed by atoms with Crippen LogP contribution in [0.3, 0.4) is 0 Å². The van der Waals surface area contributed by atoms with Gasteiger partial charge in [0, 0.05) is 11.1 Å². The summed E-state index contributed by atoms with van der Waals surface area (Å²) in [6.45, 7) is 2.98. The summed E-state index contributed by atoms with van der Waals surface area (Å²) >= 11 is 0. The van der Waals surface area contributed by atoms with Gasteiger partial charge in [0.25, 0.3) is 5.91 Å². The number of hydrazone groups is 1. The Bertz CT molecular complexity index is 1230. The molecular formula is C29H26N2O3. The summed E-state index contributed by atoms with van der Waals surface area (Å²) in [7, 11) is 0. The predicted molar refractivity (Wildman–Crippen MR) is 134 cm³/mol. The lowest BCUT2D eigenvalue weighted by Crippen LogP contribution is -2.17. The van der Waals surface area contributed by atoms with Crippen LogP contribution in [0, 0.1) is 6.92 Å². The molecule has 0 spiro atoms. The van der Waals surface area contributed by atoms with Gasteiger partial charge in [-0.05, 0) is 54.4 Å². The minimum absolute atomic E-state index is 0.302. The number of carbonyl (C=O) groups is 1. The zero-order chi connectivity index (χ0) is 23.6. The Labute approximate surface area is 199 Å². The van der Waals surface area contributed by atoms with Crippen LogP contribution in [0.25, 0.3) is 0 Å². The fourth-order valence-electron chi connectivity index (χ4n) is 3.23. The molecule has 4 aromatic carbocycles. The summed E-state index contributed by atoms with van der Waals surface area (Å²) in [6, 6.07) is 32.7. The molecule has 34 heavy (non-hydrogen) atoms. The third-order valence-corrected chi connectivity index (χ3v) is 5.17. The van der Waals surface area contributed by atoms with E-state index >= 15 is 0 Å². The van der Waals surface area contributed by atoms with Crippen LogP contribution in [0.1, 0.15) is 32.6 Å². The van der Waals surface area contributed by atoms with Crippen molar-refractivity contribution in [2.45, 2.75) is 20.1 Å². The highest BCUT2D eigenvalue weighted by Gasteiger charge is 2.06. The van der Waals surface area contributed by atoms with E-state index in [0.717, 1.165) is 16.7 Å². The standard InChI is InChI=1S/C29H26N2O3/c1-22-11-13-24(14-12-22)20-33-27-17-15-25(16-18-27)29(32)31-30-19-26-9-5-6-10-28(26)34-21-23-7-3-2-4-8-23/h2-19H,20-21H2,1H3,(H,31,32)/b30-19+. The van der Waals surface area contributed by atoms with Gasteiger partial charge in [-0.2, -0.15) is 5.10 Å². The van der Waals surface area contributed by atoms with Crippen molar-refractivity contribution in [3.8, 4) is 11.5 Å². The first-order valence-electron chi connectivity index (χ1n) is 11.0. The van der Waals surface area contributed by atoms with Crippen molar-refractivity contribution in [1.29, 1.82) is 0 Å². The number of rotatable bonds is 9. The van der Waals surface area contributed by atoms with E-state index < -0.39 is 0 Å². The van der Waals surface area contributed by atoms with E-state index in [0.29, 0.717) is 30.3 Å². The molecule has 4 aromatic rings. The lowest BCUT2D eigenvalue weighted by Gasteiger charge is -2.09. The molecule has 0 heterocycles. The molecule has 5 nitrogen and oxygen atoms in total. The quantitative estimate of drug-likeness (QED) is 0.254. The van der Waals surface area contributed by atoms with Crippen molar-refractivity contribution < 1.29 is 14.3 Å². The van der Waals surface area contributed by atoms with E-state index in [1.165, 1.54) is 5.56 Å². The number of aryl methyl sites for hydroxylation is 1. The number of benzene rings is 4. The normalized spacial score (nSPS) is 10.7. The first-order chi connectivity index (χ1) is 16.7. The van der Waals surface area contributed by atoms with Crippen molar-refractivity contribution in [3.05, 3.63) is 131 Å². The Morgan fingerprint density at radius 1 is 0.765 bits per heavy atom. The summed E-state index contributed by atoms with van der Waals surface area (Å²) in [5, 5.41) is 4.10. The van der Waals surface area contributed by atoms with Gasteiger partial charge in [-0.1, -0.05) is 72.3 Å². The highest BCUT2D eigenvalue weighted by atomic mass is 16.5. The third kappa shape index (κ3) is 6.56. The van der Waals surface area contributed by atoms with Crippen LogP contribution < -0.4 is 14.9 Å². The average molecular weight is 451 g/mol. The minimum atomic E-state index is -0.302. The van der Waals surface area contributed by atoms with Crippen molar-refractivity contribution in [2.75, 3.05) is 0 Å². The smallest absolute Gasteiger partial charge is 0.271 e. The molecule has 170 valence electrons. The fourth-order valence-corrected chi connectivity index (χ4v) is 3.23. The molecule has 0 saturated heterocycles. The van der Waals surface area contributed by atoms with Crippen molar-refractivity contribution in [1.82, 2.24) is 5.43 Å². The van der Waals surface area contributed by atoms with Crippen LogP contribution in [0.5, 0.6) is 11.5 Å². The Balaban J connectivity index is 1.30. The Hall–Kier alpha value is -4.38. The van der Waals surface area contributed by atoms with Gasteiger partial charge < -0.3 is 9.47 Å². The molecule has 0 bridgehead atoms. The second kappa shape index (κ2) is 11.5. The van der Waals surface area contributed by atoms with Crippen LogP contribution >= 0.6 is 0 Å². The first-order valence-corrected chi connectivity index (χ1v) is 11.0. The summed E-state index contributed by atoms with van der Waals surface area (Å²) in [5.74, 6) is 1.09. The molecule has 0 aliphatic carbocycles. The minimum Gasteiger partial charge on any atom is -0.489 e. The number of nitrogens with one attached hydrogen (secondary N) is 1. The zero-order valence-corrected chi connectivity index (χ0v) is 19.0. The third-order valence-electron chi connectivity index (χ3n) is 5.17. The van der Waals surface area contributed by atoms with Crippen LogP contribution in [-0.4, -0.2) is 12.1 Å². The summed E-state index contributed by atoms with van der Waals surface area (Å²) < 4.78 is 11.7. The topological polar surface area (TPSA) is 59.9 Å². The van der Waals surface area contributed by atoms with Gasteiger partial charge in [0.2, 0.25) is 0 Å². The van der Waals surface area contributed by atoms with Crippen molar-refractivity contribution in [3.63, 3.8) is 0 Å². The van der Waals surface area contributed by atoms with E-state index in [9.17, 15) is 4.79 Å². The van der Waals surface area contributed by atoms with E-state index in [1.54, 1.807) is 30.5 Å². The maximum Gasteiger partial charge on any atom is 0.271 e. The summed E-state index contributed by atoms with van der Waals surface area (Å²) in [4.78, 5) is 12.5. The van der Waals surface area contributed by atoms with Gasteiger partial charge in [0.1, 0.15) is 24.7 Å². The molecule has 1 N–H and O–H groups in total. The maximum atomic E-state index is 12.5. The number of carbonyl (C=O) groups excluding carboxylic acids is 1. The number of hydrogen-bond donors (Lipinski definition) is 1. The summed E-state index contributed by atoms with van der Waals surface area (Å²) in [5.41, 5.74) is 7.22. The highest BCUT2D eigenvalue weighted by molar-refractivity contribution is 5.95. The fraction of sp³-hybridized carbons (Fsp3) is 0.103. The Morgan fingerprint density at radius 2 is 1.41 bits per heavy atom. The molecule has 0 fully saturated rings. The SMILES string of the molecule is Cc1ccc(COc2ccc(C(=O)N/N=C/c3ccccc3OCc3ccccc3)cc2)cc1. The van der Waals surface area contributed by atoms with Gasteiger partial charge in [-0.3, -0.25) is 4.79 Å². The van der Waals surface area contributed by atoms with Crippen LogP contribution in [0.15, 0.2) is 108 Å². The molecule has 4 rings (SSSR count). The number of nitrogens with zero attached hydrogens (tertiary/aromatic N) is 1. The second-order valence-corrected chi connectivity index (χ2v) is 7.81. The molecule has 0 aromatic heterocycles. The average Bonchev–Trinajstić information content (AvgIpc) is 2.88. The van der Waals surface area contributed by atoms with Gasteiger partial charge >= 0.3 is 0 Å². The molecule has 0 radical (unpaired) electrons.